The Bertz CT molecular complexity index is 351. The van der Waals surface area contributed by atoms with Crippen LogP contribution in [0.25, 0.3) is 0 Å². The van der Waals surface area contributed by atoms with Gasteiger partial charge in [0.1, 0.15) is 6.10 Å². The lowest BCUT2D eigenvalue weighted by molar-refractivity contribution is -0.139. The molecule has 1 atom stereocenters. The van der Waals surface area contributed by atoms with E-state index >= 15 is 0 Å². The standard InChI is InChI=1S/C11H18O4Si/c1-7-6-8(10(12)15-7)9(11(13)14-2)16(3,4)5/h7H,6H2,1-5H3/b9-8+. The molecule has 1 heterocycles. The van der Waals surface area contributed by atoms with Crippen LogP contribution >= 0.6 is 0 Å². The average molecular weight is 242 g/mol. The van der Waals surface area contributed by atoms with Gasteiger partial charge in [0, 0.05) is 17.2 Å². The number of hydrogen-bond donors (Lipinski definition) is 0. The molecule has 0 aliphatic carbocycles. The zero-order valence-corrected chi connectivity index (χ0v) is 11.4. The number of carbonyl (C=O) groups excluding carboxylic acids is 2. The van der Waals surface area contributed by atoms with Crippen molar-refractivity contribution in [2.24, 2.45) is 0 Å². The van der Waals surface area contributed by atoms with Gasteiger partial charge in [-0.2, -0.15) is 0 Å². The molecule has 0 saturated carbocycles. The van der Waals surface area contributed by atoms with Crippen LogP contribution in [0.2, 0.25) is 19.6 Å². The molecular formula is C11H18O4Si. The third-order valence-corrected chi connectivity index (χ3v) is 4.49. The predicted octanol–water partition coefficient (Wildman–Crippen LogP) is 1.67. The lowest BCUT2D eigenvalue weighted by Gasteiger charge is -2.20. The van der Waals surface area contributed by atoms with Crippen molar-refractivity contribution in [3.8, 4) is 0 Å². The zero-order chi connectivity index (χ0) is 12.5. The smallest absolute Gasteiger partial charge is 0.334 e. The van der Waals surface area contributed by atoms with Crippen LogP contribution in [0.4, 0.5) is 0 Å². The molecule has 0 spiro atoms. The van der Waals surface area contributed by atoms with Crippen LogP contribution in [0.3, 0.4) is 0 Å². The van der Waals surface area contributed by atoms with Crippen molar-refractivity contribution < 1.29 is 19.1 Å². The minimum atomic E-state index is -1.90. The molecule has 0 amide bonds. The summed E-state index contributed by atoms with van der Waals surface area (Å²) < 4.78 is 9.83. The molecule has 0 aromatic carbocycles. The Kier molecular flexibility index (Phi) is 3.57. The van der Waals surface area contributed by atoms with E-state index in [0.29, 0.717) is 17.2 Å². The number of esters is 2. The minimum absolute atomic E-state index is 0.140. The molecule has 90 valence electrons. The van der Waals surface area contributed by atoms with Gasteiger partial charge in [0.2, 0.25) is 0 Å². The van der Waals surface area contributed by atoms with Gasteiger partial charge in [-0.15, -0.1) is 0 Å². The van der Waals surface area contributed by atoms with E-state index in [-0.39, 0.29) is 18.0 Å². The monoisotopic (exact) mass is 242 g/mol. The number of cyclic esters (lactones) is 1. The summed E-state index contributed by atoms with van der Waals surface area (Å²) in [5.41, 5.74) is 0.513. The Labute approximate surface area is 96.6 Å². The Hall–Kier alpha value is -1.10. The van der Waals surface area contributed by atoms with Crippen molar-refractivity contribution in [2.75, 3.05) is 7.11 Å². The van der Waals surface area contributed by atoms with E-state index in [0.717, 1.165) is 0 Å². The number of rotatable bonds is 2. The second kappa shape index (κ2) is 4.41. The third-order valence-electron chi connectivity index (χ3n) is 2.49. The molecule has 1 fully saturated rings. The van der Waals surface area contributed by atoms with Crippen LogP contribution in [0, 0.1) is 0 Å². The van der Waals surface area contributed by atoms with Crippen molar-refractivity contribution in [2.45, 2.75) is 39.1 Å². The lowest BCUT2D eigenvalue weighted by atomic mass is 10.1. The normalized spacial score (nSPS) is 24.1. The number of methoxy groups -OCH3 is 1. The second-order valence-electron chi connectivity index (χ2n) is 5.02. The first-order valence-electron chi connectivity index (χ1n) is 5.30. The molecule has 1 rings (SSSR count). The third kappa shape index (κ3) is 2.52. The van der Waals surface area contributed by atoms with E-state index < -0.39 is 8.07 Å². The van der Waals surface area contributed by atoms with Gasteiger partial charge in [0.05, 0.1) is 15.2 Å². The fraction of sp³-hybridized carbons (Fsp3) is 0.636. The maximum absolute atomic E-state index is 11.7. The van der Waals surface area contributed by atoms with E-state index in [1.165, 1.54) is 7.11 Å². The van der Waals surface area contributed by atoms with Crippen molar-refractivity contribution in [1.82, 2.24) is 0 Å². The van der Waals surface area contributed by atoms with Crippen LogP contribution in [0.1, 0.15) is 13.3 Å². The second-order valence-corrected chi connectivity index (χ2v) is 10.0. The lowest BCUT2D eigenvalue weighted by Crippen LogP contribution is -2.32. The summed E-state index contributed by atoms with van der Waals surface area (Å²) in [5.74, 6) is -0.754. The van der Waals surface area contributed by atoms with E-state index in [4.69, 9.17) is 9.47 Å². The highest BCUT2D eigenvalue weighted by Gasteiger charge is 2.37. The molecule has 0 aromatic rings. The first kappa shape index (κ1) is 13.0. The van der Waals surface area contributed by atoms with Crippen LogP contribution < -0.4 is 0 Å². The number of hydrogen-bond acceptors (Lipinski definition) is 4. The summed E-state index contributed by atoms with van der Waals surface area (Å²) in [6.07, 6.45) is 0.367. The van der Waals surface area contributed by atoms with Gasteiger partial charge in [-0.25, -0.2) is 9.59 Å². The fourth-order valence-electron chi connectivity index (χ4n) is 1.85. The topological polar surface area (TPSA) is 52.6 Å². The van der Waals surface area contributed by atoms with Crippen molar-refractivity contribution in [3.63, 3.8) is 0 Å². The maximum atomic E-state index is 11.7. The molecule has 1 aliphatic heterocycles. The Morgan fingerprint density at radius 3 is 2.31 bits per heavy atom. The Balaban J connectivity index is 3.24. The molecule has 1 saturated heterocycles. The molecule has 16 heavy (non-hydrogen) atoms. The predicted molar refractivity (Wildman–Crippen MR) is 62.6 cm³/mol. The van der Waals surface area contributed by atoms with Gasteiger partial charge in [-0.3, -0.25) is 0 Å². The highest BCUT2D eigenvalue weighted by atomic mass is 28.3. The molecule has 4 nitrogen and oxygen atoms in total. The summed E-state index contributed by atoms with van der Waals surface area (Å²) in [4.78, 5) is 23.4. The molecule has 0 N–H and O–H groups in total. The van der Waals surface area contributed by atoms with E-state index in [2.05, 4.69) is 0 Å². The van der Waals surface area contributed by atoms with Gasteiger partial charge in [0.25, 0.3) is 0 Å². The summed E-state index contributed by atoms with van der Waals surface area (Å²) in [6, 6.07) is 0. The number of carbonyl (C=O) groups is 2. The Morgan fingerprint density at radius 2 is 2.00 bits per heavy atom. The highest BCUT2D eigenvalue weighted by Crippen LogP contribution is 2.29. The molecule has 0 radical (unpaired) electrons. The Morgan fingerprint density at radius 1 is 1.44 bits per heavy atom. The van der Waals surface area contributed by atoms with Gasteiger partial charge >= 0.3 is 11.9 Å². The zero-order valence-electron chi connectivity index (χ0n) is 10.4. The van der Waals surface area contributed by atoms with E-state index in [1.807, 2.05) is 26.6 Å². The van der Waals surface area contributed by atoms with Crippen LogP contribution in [-0.2, 0) is 19.1 Å². The summed E-state index contributed by atoms with van der Waals surface area (Å²) in [5, 5.41) is 0.560. The highest BCUT2D eigenvalue weighted by molar-refractivity contribution is 6.87. The van der Waals surface area contributed by atoms with Crippen molar-refractivity contribution >= 4 is 20.0 Å². The van der Waals surface area contributed by atoms with E-state index in [9.17, 15) is 9.59 Å². The molecule has 5 heteroatoms. The van der Waals surface area contributed by atoms with Gasteiger partial charge in [-0.05, 0) is 6.92 Å². The van der Waals surface area contributed by atoms with Crippen LogP contribution in [0.5, 0.6) is 0 Å². The van der Waals surface area contributed by atoms with Gasteiger partial charge in [-0.1, -0.05) is 19.6 Å². The molecule has 1 aliphatic rings. The fourth-order valence-corrected chi connectivity index (χ4v) is 3.68. The first-order chi connectivity index (χ1) is 7.27. The van der Waals surface area contributed by atoms with Crippen LogP contribution in [0.15, 0.2) is 10.8 Å². The molecule has 0 bridgehead atoms. The van der Waals surface area contributed by atoms with E-state index in [1.54, 1.807) is 0 Å². The first-order valence-corrected chi connectivity index (χ1v) is 8.80. The maximum Gasteiger partial charge on any atom is 0.334 e. The molecule has 1 unspecified atom stereocenters. The molecular weight excluding hydrogens is 224 g/mol. The summed E-state index contributed by atoms with van der Waals surface area (Å²) in [7, 11) is -0.563. The van der Waals surface area contributed by atoms with Crippen LogP contribution in [-0.4, -0.2) is 33.2 Å². The van der Waals surface area contributed by atoms with Gasteiger partial charge < -0.3 is 9.47 Å². The largest absolute Gasteiger partial charge is 0.466 e. The minimum Gasteiger partial charge on any atom is -0.466 e. The summed E-state index contributed by atoms with van der Waals surface area (Å²) >= 11 is 0. The van der Waals surface area contributed by atoms with Crippen molar-refractivity contribution in [1.29, 1.82) is 0 Å². The quantitative estimate of drug-likeness (QED) is 0.420. The van der Waals surface area contributed by atoms with Crippen molar-refractivity contribution in [3.05, 3.63) is 10.8 Å². The SMILES string of the molecule is COC(=O)/C(=C1/CC(C)OC1=O)[Si](C)(C)C. The average Bonchev–Trinajstić information content (AvgIpc) is 2.43. The number of ether oxygens (including phenoxy) is 2. The van der Waals surface area contributed by atoms with Gasteiger partial charge in [0.15, 0.2) is 0 Å². The molecule has 0 aromatic heterocycles. The summed E-state index contributed by atoms with van der Waals surface area (Å²) in [6.45, 7) is 7.87.